The zero-order chi connectivity index (χ0) is 18.2. The summed E-state index contributed by atoms with van der Waals surface area (Å²) < 4.78 is 5.51. The highest BCUT2D eigenvalue weighted by molar-refractivity contribution is 5.89. The van der Waals surface area contributed by atoms with Crippen LogP contribution in [0.4, 0.5) is 0 Å². The summed E-state index contributed by atoms with van der Waals surface area (Å²) in [5.74, 6) is -3.40. The maximum absolute atomic E-state index is 11.6. The van der Waals surface area contributed by atoms with Crippen LogP contribution >= 0.6 is 0 Å². The summed E-state index contributed by atoms with van der Waals surface area (Å²) in [4.78, 5) is 22.6. The molecular weight excluding hydrogens is 306 g/mol. The Hall–Kier alpha value is -1.90. The van der Waals surface area contributed by atoms with Gasteiger partial charge in [-0.25, -0.2) is 9.59 Å². The molecule has 0 amide bonds. The van der Waals surface area contributed by atoms with E-state index in [2.05, 4.69) is 0 Å². The van der Waals surface area contributed by atoms with Gasteiger partial charge in [-0.05, 0) is 30.9 Å². The van der Waals surface area contributed by atoms with E-state index >= 15 is 0 Å². The number of aliphatic hydroxyl groups is 2. The van der Waals surface area contributed by atoms with Crippen molar-refractivity contribution in [1.82, 2.24) is 0 Å². The minimum absolute atomic E-state index is 0.0518. The van der Waals surface area contributed by atoms with Crippen molar-refractivity contribution in [2.75, 3.05) is 0 Å². The number of furan rings is 1. The molecule has 0 saturated carbocycles. The van der Waals surface area contributed by atoms with Gasteiger partial charge in [0.2, 0.25) is 5.60 Å². The molecule has 0 aliphatic rings. The smallest absolute Gasteiger partial charge is 0.341 e. The zero-order valence-corrected chi connectivity index (χ0v) is 13.5. The lowest BCUT2D eigenvalue weighted by Crippen LogP contribution is -2.69. The Labute approximate surface area is 133 Å². The van der Waals surface area contributed by atoms with Crippen molar-refractivity contribution in [2.45, 2.75) is 57.3 Å². The van der Waals surface area contributed by atoms with Crippen molar-refractivity contribution < 1.29 is 34.4 Å². The molecule has 0 spiro atoms. The Balaban J connectivity index is 3.60. The molecule has 130 valence electrons. The number of aryl methyl sites for hydroxylation is 1. The number of carboxylic acids is 2. The fourth-order valence-electron chi connectivity index (χ4n) is 2.65. The molecule has 1 rings (SSSR count). The van der Waals surface area contributed by atoms with Gasteiger partial charge in [0.1, 0.15) is 17.1 Å². The summed E-state index contributed by atoms with van der Waals surface area (Å²) in [5, 5.41) is 38.6. The van der Waals surface area contributed by atoms with E-state index in [0.29, 0.717) is 5.76 Å². The molecule has 8 nitrogen and oxygen atoms in total. The average molecular weight is 329 g/mol. The molecule has 6 N–H and O–H groups in total. The number of rotatable bonds is 7. The van der Waals surface area contributed by atoms with Gasteiger partial charge in [0.05, 0.1) is 0 Å². The van der Waals surface area contributed by atoms with Gasteiger partial charge in [-0.15, -0.1) is 0 Å². The van der Waals surface area contributed by atoms with Crippen LogP contribution in [0, 0.1) is 6.92 Å². The van der Waals surface area contributed by atoms with E-state index in [4.69, 9.17) is 15.3 Å². The second-order valence-electron chi connectivity index (χ2n) is 5.91. The third-order valence-electron chi connectivity index (χ3n) is 4.21. The quantitative estimate of drug-likeness (QED) is 0.485. The van der Waals surface area contributed by atoms with Crippen LogP contribution in [0.15, 0.2) is 10.5 Å². The number of hydrogen-bond donors (Lipinski definition) is 5. The highest BCUT2D eigenvalue weighted by Gasteiger charge is 2.62. The van der Waals surface area contributed by atoms with Gasteiger partial charge in [0.25, 0.3) is 0 Å². The predicted molar refractivity (Wildman–Crippen MR) is 79.9 cm³/mol. The Kier molecular flexibility index (Phi) is 5.25. The van der Waals surface area contributed by atoms with Gasteiger partial charge in [0, 0.05) is 0 Å². The molecule has 3 atom stereocenters. The Morgan fingerprint density at radius 3 is 2.17 bits per heavy atom. The van der Waals surface area contributed by atoms with Crippen LogP contribution < -0.4 is 5.73 Å². The SMILES string of the molecule is CCC(N)(c1cc(C(C)C)c(C)o1)[C@](O)(C(=O)O)[C@@H](O)C(=O)O. The fraction of sp³-hybridized carbons (Fsp3) is 0.600. The molecule has 0 aromatic carbocycles. The first kappa shape index (κ1) is 19.1. The lowest BCUT2D eigenvalue weighted by molar-refractivity contribution is -0.198. The second-order valence-corrected chi connectivity index (χ2v) is 5.91. The minimum Gasteiger partial charge on any atom is -0.479 e. The lowest BCUT2D eigenvalue weighted by atomic mass is 9.72. The van der Waals surface area contributed by atoms with Crippen LogP contribution in [-0.2, 0) is 15.1 Å². The second kappa shape index (κ2) is 6.31. The van der Waals surface area contributed by atoms with Crippen molar-refractivity contribution in [1.29, 1.82) is 0 Å². The largest absolute Gasteiger partial charge is 0.479 e. The summed E-state index contributed by atoms with van der Waals surface area (Å²) in [6.45, 7) is 6.90. The number of aliphatic carboxylic acids is 2. The van der Waals surface area contributed by atoms with Crippen LogP contribution in [0.25, 0.3) is 0 Å². The molecule has 0 radical (unpaired) electrons. The van der Waals surface area contributed by atoms with E-state index in [1.165, 1.54) is 13.0 Å². The number of aliphatic hydroxyl groups excluding tert-OH is 1. The minimum atomic E-state index is -3.16. The van der Waals surface area contributed by atoms with Crippen LogP contribution in [0.5, 0.6) is 0 Å². The molecule has 0 bridgehead atoms. The number of carbonyl (C=O) groups is 2. The fourth-order valence-corrected chi connectivity index (χ4v) is 2.65. The molecule has 1 heterocycles. The van der Waals surface area contributed by atoms with Crippen molar-refractivity contribution >= 4 is 11.9 Å². The van der Waals surface area contributed by atoms with Crippen molar-refractivity contribution in [2.24, 2.45) is 5.73 Å². The Bertz CT molecular complexity index is 609. The summed E-state index contributed by atoms with van der Waals surface area (Å²) in [7, 11) is 0. The number of carboxylic acid groups (broad SMARTS) is 2. The van der Waals surface area contributed by atoms with Crippen LogP contribution in [0.1, 0.15) is 50.2 Å². The number of hydrogen-bond acceptors (Lipinski definition) is 6. The molecular formula is C15H23NO7. The monoisotopic (exact) mass is 329 g/mol. The van der Waals surface area contributed by atoms with Gasteiger partial charge < -0.3 is 30.6 Å². The summed E-state index contributed by atoms with van der Waals surface area (Å²) in [6.07, 6.45) is -2.80. The van der Waals surface area contributed by atoms with Gasteiger partial charge in [0.15, 0.2) is 6.10 Å². The first-order chi connectivity index (χ1) is 10.4. The van der Waals surface area contributed by atoms with Gasteiger partial charge in [-0.2, -0.15) is 0 Å². The summed E-state index contributed by atoms with van der Waals surface area (Å²) in [5.41, 5.74) is 1.53. The average Bonchev–Trinajstić information content (AvgIpc) is 2.86. The van der Waals surface area contributed by atoms with E-state index < -0.39 is 29.2 Å². The Morgan fingerprint density at radius 1 is 1.35 bits per heavy atom. The van der Waals surface area contributed by atoms with E-state index in [-0.39, 0.29) is 18.1 Å². The first-order valence-corrected chi connectivity index (χ1v) is 7.19. The van der Waals surface area contributed by atoms with E-state index in [9.17, 15) is 24.9 Å². The van der Waals surface area contributed by atoms with Gasteiger partial charge in [-0.1, -0.05) is 20.8 Å². The first-order valence-electron chi connectivity index (χ1n) is 7.19. The van der Waals surface area contributed by atoms with E-state index in [1.54, 1.807) is 6.92 Å². The molecule has 23 heavy (non-hydrogen) atoms. The van der Waals surface area contributed by atoms with E-state index in [1.807, 2.05) is 13.8 Å². The standard InChI is InChI=1S/C15H23NO7/c1-5-14(16,10-6-9(7(2)3)8(4)23-10)15(22,13(20)21)11(17)12(18)19/h6-7,11,17,22H,5,16H2,1-4H3,(H,18,19)(H,20,21)/t11-,14?,15+/m0/s1. The maximum Gasteiger partial charge on any atom is 0.341 e. The summed E-state index contributed by atoms with van der Waals surface area (Å²) in [6, 6.07) is 1.49. The molecule has 0 fully saturated rings. The van der Waals surface area contributed by atoms with Crippen molar-refractivity contribution in [3.8, 4) is 0 Å². The third kappa shape index (κ3) is 2.85. The lowest BCUT2D eigenvalue weighted by Gasteiger charge is -2.40. The molecule has 1 unspecified atom stereocenters. The summed E-state index contributed by atoms with van der Waals surface area (Å²) >= 11 is 0. The van der Waals surface area contributed by atoms with Gasteiger partial charge >= 0.3 is 11.9 Å². The molecule has 8 heteroatoms. The topological polar surface area (TPSA) is 154 Å². The van der Waals surface area contributed by atoms with Crippen molar-refractivity contribution in [3.05, 3.63) is 23.2 Å². The molecule has 0 aliphatic carbocycles. The highest BCUT2D eigenvalue weighted by atomic mass is 16.4. The Morgan fingerprint density at radius 2 is 1.87 bits per heavy atom. The zero-order valence-electron chi connectivity index (χ0n) is 13.5. The predicted octanol–water partition coefficient (Wildman–Crippen LogP) is 0.537. The molecule has 1 aromatic heterocycles. The molecule has 0 aliphatic heterocycles. The van der Waals surface area contributed by atoms with Crippen LogP contribution in [0.3, 0.4) is 0 Å². The number of nitrogens with two attached hydrogens (primary N) is 1. The molecule has 1 aromatic rings. The highest BCUT2D eigenvalue weighted by Crippen LogP contribution is 2.39. The maximum atomic E-state index is 11.6. The normalized spacial score (nSPS) is 18.3. The third-order valence-corrected chi connectivity index (χ3v) is 4.21. The van der Waals surface area contributed by atoms with Crippen molar-refractivity contribution in [3.63, 3.8) is 0 Å². The van der Waals surface area contributed by atoms with Crippen LogP contribution in [-0.4, -0.2) is 44.1 Å². The molecule has 0 saturated heterocycles. The van der Waals surface area contributed by atoms with Gasteiger partial charge in [-0.3, -0.25) is 0 Å². The van der Waals surface area contributed by atoms with E-state index in [0.717, 1.165) is 5.56 Å². The van der Waals surface area contributed by atoms with Crippen LogP contribution in [0.2, 0.25) is 0 Å².